The van der Waals surface area contributed by atoms with Crippen molar-refractivity contribution in [2.75, 3.05) is 26.0 Å². The Morgan fingerprint density at radius 1 is 1.12 bits per heavy atom. The molecule has 0 aliphatic heterocycles. The number of sulfonamides is 1. The summed E-state index contributed by atoms with van der Waals surface area (Å²) in [5.74, 6) is -0.223. The maximum atomic E-state index is 12.0. The highest BCUT2D eigenvalue weighted by molar-refractivity contribution is 7.89. The van der Waals surface area contributed by atoms with Gasteiger partial charge < -0.3 is 15.4 Å². The smallest absolute Gasteiger partial charge is 0.407 e. The first-order valence-electron chi connectivity index (χ1n) is 8.21. The average Bonchev–Trinajstić information content (AvgIpc) is 2.50. The standard InChI is InChI=1S/C17H27N3O5S/c1-17(2,3)25-16(22)18-12-6-7-15(21)19-13-8-10-14(11-9-13)26(23,24)20(4)5/h8-11H,6-7,12H2,1-5H3,(H,18,22)(H,19,21). The first kappa shape index (κ1) is 21.9. The van der Waals surface area contributed by atoms with Crippen LogP contribution in [0.4, 0.5) is 10.5 Å². The molecular weight excluding hydrogens is 358 g/mol. The average molecular weight is 385 g/mol. The van der Waals surface area contributed by atoms with Crippen molar-refractivity contribution in [1.29, 1.82) is 0 Å². The summed E-state index contributed by atoms with van der Waals surface area (Å²) in [5.41, 5.74) is -0.0546. The molecule has 146 valence electrons. The van der Waals surface area contributed by atoms with Crippen LogP contribution in [0.25, 0.3) is 0 Å². The van der Waals surface area contributed by atoms with Crippen molar-refractivity contribution in [2.45, 2.75) is 44.1 Å². The Morgan fingerprint density at radius 2 is 1.69 bits per heavy atom. The Hall–Kier alpha value is -2.13. The zero-order valence-electron chi connectivity index (χ0n) is 15.8. The molecule has 1 rings (SSSR count). The minimum atomic E-state index is -3.49. The highest BCUT2D eigenvalue weighted by Gasteiger charge is 2.17. The molecule has 0 atom stereocenters. The highest BCUT2D eigenvalue weighted by Crippen LogP contribution is 2.16. The van der Waals surface area contributed by atoms with E-state index in [2.05, 4.69) is 10.6 Å². The van der Waals surface area contributed by atoms with Crippen LogP contribution in [-0.4, -0.2) is 51.0 Å². The van der Waals surface area contributed by atoms with Gasteiger partial charge in [-0.15, -0.1) is 0 Å². The zero-order valence-corrected chi connectivity index (χ0v) is 16.6. The maximum absolute atomic E-state index is 12.0. The number of amides is 2. The molecule has 9 heteroatoms. The van der Waals surface area contributed by atoms with Crippen molar-refractivity contribution in [3.05, 3.63) is 24.3 Å². The van der Waals surface area contributed by atoms with E-state index in [0.29, 0.717) is 18.7 Å². The van der Waals surface area contributed by atoms with Gasteiger partial charge in [0, 0.05) is 32.7 Å². The number of rotatable bonds is 7. The fourth-order valence-electron chi connectivity index (χ4n) is 1.90. The molecule has 26 heavy (non-hydrogen) atoms. The zero-order chi connectivity index (χ0) is 20.0. The Kier molecular flexibility index (Phi) is 7.58. The minimum Gasteiger partial charge on any atom is -0.444 e. The Labute approximate surface area is 155 Å². The van der Waals surface area contributed by atoms with Crippen LogP contribution in [0.15, 0.2) is 29.2 Å². The van der Waals surface area contributed by atoms with Crippen LogP contribution in [-0.2, 0) is 19.6 Å². The second kappa shape index (κ2) is 9.00. The highest BCUT2D eigenvalue weighted by atomic mass is 32.2. The second-order valence-electron chi connectivity index (χ2n) is 6.89. The molecule has 0 aliphatic carbocycles. The van der Waals surface area contributed by atoms with Crippen molar-refractivity contribution in [2.24, 2.45) is 0 Å². The molecule has 1 aromatic carbocycles. The molecule has 0 fully saturated rings. The van der Waals surface area contributed by atoms with Crippen LogP contribution in [0, 0.1) is 0 Å². The molecule has 2 amide bonds. The van der Waals surface area contributed by atoms with Gasteiger partial charge >= 0.3 is 6.09 Å². The number of hydrogen-bond acceptors (Lipinski definition) is 5. The fourth-order valence-corrected chi connectivity index (χ4v) is 2.80. The molecular formula is C17H27N3O5S. The number of alkyl carbamates (subject to hydrolysis) is 1. The number of carbonyl (C=O) groups excluding carboxylic acids is 2. The van der Waals surface area contributed by atoms with E-state index in [4.69, 9.17) is 4.74 Å². The summed E-state index contributed by atoms with van der Waals surface area (Å²) >= 11 is 0. The van der Waals surface area contributed by atoms with Crippen LogP contribution < -0.4 is 10.6 Å². The molecule has 1 aromatic rings. The lowest BCUT2D eigenvalue weighted by atomic mass is 10.2. The van der Waals surface area contributed by atoms with E-state index in [1.54, 1.807) is 20.8 Å². The van der Waals surface area contributed by atoms with E-state index < -0.39 is 21.7 Å². The molecule has 0 saturated carbocycles. The largest absolute Gasteiger partial charge is 0.444 e. The van der Waals surface area contributed by atoms with E-state index in [9.17, 15) is 18.0 Å². The van der Waals surface area contributed by atoms with E-state index in [1.165, 1.54) is 38.4 Å². The number of benzene rings is 1. The first-order valence-corrected chi connectivity index (χ1v) is 9.65. The summed E-state index contributed by atoms with van der Waals surface area (Å²) in [6, 6.07) is 5.95. The summed E-state index contributed by atoms with van der Waals surface area (Å²) in [4.78, 5) is 23.5. The molecule has 8 nitrogen and oxygen atoms in total. The number of hydrogen-bond donors (Lipinski definition) is 2. The van der Waals surface area contributed by atoms with E-state index >= 15 is 0 Å². The van der Waals surface area contributed by atoms with Crippen LogP contribution in [0.2, 0.25) is 0 Å². The fraction of sp³-hybridized carbons (Fsp3) is 0.529. The van der Waals surface area contributed by atoms with E-state index in [0.717, 1.165) is 4.31 Å². The monoisotopic (exact) mass is 385 g/mol. The maximum Gasteiger partial charge on any atom is 0.407 e. The summed E-state index contributed by atoms with van der Waals surface area (Å²) in [6.45, 7) is 5.64. The molecule has 0 spiro atoms. The van der Waals surface area contributed by atoms with Gasteiger partial charge in [0.1, 0.15) is 5.60 Å². The SMILES string of the molecule is CN(C)S(=O)(=O)c1ccc(NC(=O)CCCNC(=O)OC(C)(C)C)cc1. The molecule has 0 radical (unpaired) electrons. The normalized spacial score (nSPS) is 11.9. The quantitative estimate of drug-likeness (QED) is 0.700. The Bertz CT molecular complexity index is 722. The number of ether oxygens (including phenoxy) is 1. The van der Waals surface area contributed by atoms with Crippen molar-refractivity contribution in [1.82, 2.24) is 9.62 Å². The summed E-state index contributed by atoms with van der Waals surface area (Å²) in [6.07, 6.45) is 0.154. The summed E-state index contributed by atoms with van der Waals surface area (Å²) < 4.78 is 30.2. The molecule has 0 aromatic heterocycles. The Balaban J connectivity index is 2.41. The molecule has 2 N–H and O–H groups in total. The van der Waals surface area contributed by atoms with Gasteiger partial charge in [0.05, 0.1) is 4.90 Å². The molecule has 0 unspecified atom stereocenters. The van der Waals surface area contributed by atoms with Crippen LogP contribution >= 0.6 is 0 Å². The molecule has 0 saturated heterocycles. The Morgan fingerprint density at radius 3 is 2.19 bits per heavy atom. The first-order chi connectivity index (χ1) is 11.9. The number of anilines is 1. The number of carbonyl (C=O) groups is 2. The number of nitrogens with one attached hydrogen (secondary N) is 2. The predicted octanol–water partition coefficient (Wildman–Crippen LogP) is 2.18. The predicted molar refractivity (Wildman–Crippen MR) is 99.4 cm³/mol. The minimum absolute atomic E-state index is 0.155. The van der Waals surface area contributed by atoms with Crippen molar-refractivity contribution >= 4 is 27.7 Å². The topological polar surface area (TPSA) is 105 Å². The second-order valence-corrected chi connectivity index (χ2v) is 9.04. The summed E-state index contributed by atoms with van der Waals surface area (Å²) in [7, 11) is -0.583. The third-order valence-electron chi connectivity index (χ3n) is 3.17. The van der Waals surface area contributed by atoms with Crippen molar-refractivity contribution in [3.63, 3.8) is 0 Å². The third-order valence-corrected chi connectivity index (χ3v) is 4.99. The lowest BCUT2D eigenvalue weighted by molar-refractivity contribution is -0.116. The van der Waals surface area contributed by atoms with Crippen LogP contribution in [0.3, 0.4) is 0 Å². The van der Waals surface area contributed by atoms with E-state index in [-0.39, 0.29) is 17.2 Å². The molecule has 0 bridgehead atoms. The van der Waals surface area contributed by atoms with E-state index in [1.807, 2.05) is 0 Å². The summed E-state index contributed by atoms with van der Waals surface area (Å²) in [5, 5.41) is 5.27. The van der Waals surface area contributed by atoms with Crippen LogP contribution in [0.5, 0.6) is 0 Å². The van der Waals surface area contributed by atoms with Crippen molar-refractivity contribution < 1.29 is 22.7 Å². The van der Waals surface area contributed by atoms with Crippen molar-refractivity contribution in [3.8, 4) is 0 Å². The van der Waals surface area contributed by atoms with Gasteiger partial charge in [-0.1, -0.05) is 0 Å². The number of nitrogens with zero attached hydrogens (tertiary/aromatic N) is 1. The third kappa shape index (κ3) is 7.40. The van der Waals surface area contributed by atoms with Gasteiger partial charge in [0.15, 0.2) is 0 Å². The van der Waals surface area contributed by atoms with Gasteiger partial charge in [-0.25, -0.2) is 17.5 Å². The van der Waals surface area contributed by atoms with Gasteiger partial charge in [-0.3, -0.25) is 4.79 Å². The van der Waals surface area contributed by atoms with Gasteiger partial charge in [0.25, 0.3) is 0 Å². The van der Waals surface area contributed by atoms with Crippen LogP contribution in [0.1, 0.15) is 33.6 Å². The molecule has 0 heterocycles. The lowest BCUT2D eigenvalue weighted by Gasteiger charge is -2.19. The lowest BCUT2D eigenvalue weighted by Crippen LogP contribution is -2.33. The molecule has 0 aliphatic rings. The van der Waals surface area contributed by atoms with Gasteiger partial charge in [-0.2, -0.15) is 0 Å². The van der Waals surface area contributed by atoms with Gasteiger partial charge in [-0.05, 0) is 51.5 Å². The van der Waals surface area contributed by atoms with Gasteiger partial charge in [0.2, 0.25) is 15.9 Å².